The predicted octanol–water partition coefficient (Wildman–Crippen LogP) is 3.31. The van der Waals surface area contributed by atoms with E-state index in [9.17, 15) is 14.7 Å². The summed E-state index contributed by atoms with van der Waals surface area (Å²) in [6, 6.07) is 11.6. The molecule has 2 aromatic rings. The van der Waals surface area contributed by atoms with Gasteiger partial charge in [0.25, 0.3) is 0 Å². The first kappa shape index (κ1) is 15.3. The lowest BCUT2D eigenvalue weighted by Crippen LogP contribution is -2.24. The molecule has 0 heterocycles. The zero-order valence-corrected chi connectivity index (χ0v) is 12.9. The molecule has 23 heavy (non-hydrogen) atoms. The maximum absolute atomic E-state index is 12.5. The van der Waals surface area contributed by atoms with Gasteiger partial charge >= 0.3 is 5.97 Å². The molecule has 0 bridgehead atoms. The number of Topliss-reactive ketones (excluding diaryl/α,β-unsaturated/α-hetero) is 1. The van der Waals surface area contributed by atoms with Crippen LogP contribution in [-0.4, -0.2) is 23.0 Å². The minimum absolute atomic E-state index is 0.0166. The van der Waals surface area contributed by atoms with Gasteiger partial charge in [-0.15, -0.1) is 0 Å². The van der Waals surface area contributed by atoms with E-state index >= 15 is 0 Å². The predicted molar refractivity (Wildman–Crippen MR) is 85.8 cm³/mol. The number of esters is 1. The lowest BCUT2D eigenvalue weighted by Gasteiger charge is -2.13. The third-order valence-electron chi connectivity index (χ3n) is 4.12. The molecule has 0 aromatic heterocycles. The lowest BCUT2D eigenvalue weighted by atomic mass is 10.0. The average Bonchev–Trinajstić information content (AvgIpc) is 3.01. The smallest absolute Gasteiger partial charge is 0.338 e. The lowest BCUT2D eigenvalue weighted by molar-refractivity contribution is 0.0318. The Balaban J connectivity index is 1.71. The highest BCUT2D eigenvalue weighted by Gasteiger charge is 2.22. The zero-order chi connectivity index (χ0) is 16.4. The van der Waals surface area contributed by atoms with Crippen LogP contribution >= 0.6 is 0 Å². The van der Waals surface area contributed by atoms with Crippen LogP contribution in [-0.2, 0) is 17.6 Å². The first-order valence-electron chi connectivity index (χ1n) is 7.70. The van der Waals surface area contributed by atoms with Crippen molar-refractivity contribution < 1.29 is 19.4 Å². The topological polar surface area (TPSA) is 63.6 Å². The average molecular weight is 310 g/mol. The number of hydrogen-bond donors (Lipinski definition) is 1. The summed E-state index contributed by atoms with van der Waals surface area (Å²) < 4.78 is 5.23. The Morgan fingerprint density at radius 3 is 2.61 bits per heavy atom. The van der Waals surface area contributed by atoms with E-state index in [4.69, 9.17) is 4.74 Å². The highest BCUT2D eigenvalue weighted by atomic mass is 16.5. The first-order chi connectivity index (χ1) is 11.0. The van der Waals surface area contributed by atoms with Crippen LogP contribution in [0, 0.1) is 0 Å². The quantitative estimate of drug-likeness (QED) is 0.695. The number of rotatable bonds is 4. The summed E-state index contributed by atoms with van der Waals surface area (Å²) in [4.78, 5) is 24.5. The van der Waals surface area contributed by atoms with Crippen molar-refractivity contribution in [2.24, 2.45) is 0 Å². The van der Waals surface area contributed by atoms with Crippen LogP contribution in [0.4, 0.5) is 0 Å². The summed E-state index contributed by atoms with van der Waals surface area (Å²) >= 11 is 0. The summed E-state index contributed by atoms with van der Waals surface area (Å²) in [6.07, 6.45) is 2.30. The monoisotopic (exact) mass is 310 g/mol. The van der Waals surface area contributed by atoms with Crippen LogP contribution in [0.1, 0.15) is 45.2 Å². The van der Waals surface area contributed by atoms with Gasteiger partial charge < -0.3 is 9.84 Å². The van der Waals surface area contributed by atoms with E-state index in [0.29, 0.717) is 5.56 Å². The normalized spacial score (nSPS) is 14.1. The number of hydrogen-bond acceptors (Lipinski definition) is 4. The zero-order valence-electron chi connectivity index (χ0n) is 12.9. The summed E-state index contributed by atoms with van der Waals surface area (Å²) in [5.41, 5.74) is 3.30. The SMILES string of the molecule is C[C@H](OC(=O)c1cccc(O)c1)C(=O)c1ccc2c(c1)CCC2. The summed E-state index contributed by atoms with van der Waals surface area (Å²) in [5, 5.41) is 9.40. The van der Waals surface area contributed by atoms with Crippen LogP contribution in [0.3, 0.4) is 0 Å². The number of fused-ring (bicyclic) bond motifs is 1. The third kappa shape index (κ3) is 3.26. The minimum atomic E-state index is -0.871. The molecule has 0 radical (unpaired) electrons. The van der Waals surface area contributed by atoms with Crippen molar-refractivity contribution in [3.8, 4) is 5.75 Å². The van der Waals surface area contributed by atoms with E-state index in [1.54, 1.807) is 19.1 Å². The van der Waals surface area contributed by atoms with Gasteiger partial charge in [-0.25, -0.2) is 4.79 Å². The molecule has 0 spiro atoms. The number of aryl methyl sites for hydroxylation is 2. The largest absolute Gasteiger partial charge is 0.508 e. The number of ketones is 1. The van der Waals surface area contributed by atoms with Crippen molar-refractivity contribution in [2.75, 3.05) is 0 Å². The molecular formula is C19H18O4. The van der Waals surface area contributed by atoms with Crippen molar-refractivity contribution in [1.82, 2.24) is 0 Å². The van der Waals surface area contributed by atoms with Gasteiger partial charge in [0, 0.05) is 5.56 Å². The standard InChI is InChI=1S/C19H18O4/c1-12(23-19(22)16-6-3-7-17(20)11-16)18(21)15-9-8-13-4-2-5-14(13)10-15/h3,6-12,20H,2,4-5H2,1H3/t12-/m0/s1. The molecule has 2 aromatic carbocycles. The second-order valence-electron chi connectivity index (χ2n) is 5.80. The number of ether oxygens (including phenoxy) is 1. The molecule has 0 saturated heterocycles. The van der Waals surface area contributed by atoms with Gasteiger partial charge in [0.1, 0.15) is 5.75 Å². The van der Waals surface area contributed by atoms with E-state index in [2.05, 4.69) is 0 Å². The number of carbonyl (C=O) groups is 2. The molecule has 1 atom stereocenters. The van der Waals surface area contributed by atoms with Gasteiger partial charge in [0.15, 0.2) is 6.10 Å². The van der Waals surface area contributed by atoms with Crippen molar-refractivity contribution in [2.45, 2.75) is 32.3 Å². The Hall–Kier alpha value is -2.62. The van der Waals surface area contributed by atoms with Crippen LogP contribution in [0.5, 0.6) is 5.75 Å². The molecule has 0 aliphatic heterocycles. The molecule has 0 fully saturated rings. The van der Waals surface area contributed by atoms with Crippen LogP contribution in [0.15, 0.2) is 42.5 Å². The Labute approximate surface area is 134 Å². The number of phenols is 1. The fraction of sp³-hybridized carbons (Fsp3) is 0.263. The Morgan fingerprint density at radius 1 is 1.04 bits per heavy atom. The molecule has 0 saturated carbocycles. The van der Waals surface area contributed by atoms with E-state index in [1.807, 2.05) is 12.1 Å². The Kier molecular flexibility index (Phi) is 4.15. The van der Waals surface area contributed by atoms with Crippen molar-refractivity contribution in [1.29, 1.82) is 0 Å². The van der Waals surface area contributed by atoms with Gasteiger partial charge in [0.2, 0.25) is 5.78 Å². The second kappa shape index (κ2) is 6.24. The van der Waals surface area contributed by atoms with Crippen molar-refractivity contribution >= 4 is 11.8 Å². The fourth-order valence-electron chi connectivity index (χ4n) is 2.87. The molecule has 0 amide bonds. The number of carbonyl (C=O) groups excluding carboxylic acids is 2. The molecule has 118 valence electrons. The van der Waals surface area contributed by atoms with Crippen LogP contribution in [0.2, 0.25) is 0 Å². The highest BCUT2D eigenvalue weighted by molar-refractivity contribution is 6.01. The van der Waals surface area contributed by atoms with Crippen LogP contribution in [0.25, 0.3) is 0 Å². The number of aromatic hydroxyl groups is 1. The summed E-state index contributed by atoms with van der Waals surface area (Å²) in [5.74, 6) is -0.854. The van der Waals surface area contributed by atoms with E-state index in [0.717, 1.165) is 19.3 Å². The maximum atomic E-state index is 12.5. The van der Waals surface area contributed by atoms with Gasteiger partial charge in [-0.05, 0) is 61.6 Å². The molecule has 4 heteroatoms. The van der Waals surface area contributed by atoms with Gasteiger partial charge in [-0.3, -0.25) is 4.79 Å². The van der Waals surface area contributed by atoms with Gasteiger partial charge in [-0.1, -0.05) is 18.2 Å². The van der Waals surface area contributed by atoms with E-state index in [-0.39, 0.29) is 17.1 Å². The molecule has 0 unspecified atom stereocenters. The molecule has 1 aliphatic rings. The van der Waals surface area contributed by atoms with Gasteiger partial charge in [-0.2, -0.15) is 0 Å². The third-order valence-corrected chi connectivity index (χ3v) is 4.12. The summed E-state index contributed by atoms with van der Waals surface area (Å²) in [7, 11) is 0. The summed E-state index contributed by atoms with van der Waals surface area (Å²) in [6.45, 7) is 1.57. The Bertz CT molecular complexity index is 764. The van der Waals surface area contributed by atoms with E-state index in [1.165, 1.54) is 29.3 Å². The molecule has 3 rings (SSSR count). The highest BCUT2D eigenvalue weighted by Crippen LogP contribution is 2.23. The first-order valence-corrected chi connectivity index (χ1v) is 7.70. The number of benzene rings is 2. The fourth-order valence-corrected chi connectivity index (χ4v) is 2.87. The Morgan fingerprint density at radius 2 is 1.83 bits per heavy atom. The molecular weight excluding hydrogens is 292 g/mol. The molecule has 1 aliphatic carbocycles. The maximum Gasteiger partial charge on any atom is 0.338 e. The van der Waals surface area contributed by atoms with Crippen LogP contribution < -0.4 is 0 Å². The van der Waals surface area contributed by atoms with Crippen molar-refractivity contribution in [3.05, 3.63) is 64.7 Å². The van der Waals surface area contributed by atoms with Gasteiger partial charge in [0.05, 0.1) is 5.56 Å². The van der Waals surface area contributed by atoms with Crippen molar-refractivity contribution in [3.63, 3.8) is 0 Å². The molecule has 1 N–H and O–H groups in total. The number of phenolic OH excluding ortho intramolecular Hbond substituents is 1. The van der Waals surface area contributed by atoms with E-state index < -0.39 is 12.1 Å². The molecule has 4 nitrogen and oxygen atoms in total. The second-order valence-corrected chi connectivity index (χ2v) is 5.80. The minimum Gasteiger partial charge on any atom is -0.508 e.